The summed E-state index contributed by atoms with van der Waals surface area (Å²) < 4.78 is 15.7. The van der Waals surface area contributed by atoms with Gasteiger partial charge in [0.1, 0.15) is 31.3 Å². The summed E-state index contributed by atoms with van der Waals surface area (Å²) in [5.74, 6) is 0.428. The van der Waals surface area contributed by atoms with Crippen molar-refractivity contribution in [1.82, 2.24) is 5.32 Å². The third-order valence-corrected chi connectivity index (χ3v) is 3.65. The van der Waals surface area contributed by atoms with E-state index in [0.29, 0.717) is 11.3 Å². The molecule has 2 aromatic carbocycles. The number of rotatable bonds is 9. The van der Waals surface area contributed by atoms with Crippen LogP contribution >= 0.6 is 0 Å². The fraction of sp³-hybridized carbons (Fsp3) is 0.300. The molecule has 0 bridgehead atoms. The predicted octanol–water partition coefficient (Wildman–Crippen LogP) is 2.61. The number of nitrogens with one attached hydrogen (secondary N) is 1. The van der Waals surface area contributed by atoms with Gasteiger partial charge < -0.3 is 19.5 Å². The van der Waals surface area contributed by atoms with Crippen molar-refractivity contribution in [2.24, 2.45) is 0 Å². The smallest absolute Gasteiger partial charge is 0.325 e. The molecule has 2 rings (SSSR count). The first-order chi connectivity index (χ1) is 12.6. The monoisotopic (exact) mass is 357 g/mol. The van der Waals surface area contributed by atoms with E-state index >= 15 is 0 Å². The number of benzene rings is 2. The van der Waals surface area contributed by atoms with Gasteiger partial charge in [0.15, 0.2) is 0 Å². The maximum atomic E-state index is 12.0. The first-order valence-electron chi connectivity index (χ1n) is 8.42. The zero-order valence-electron chi connectivity index (χ0n) is 15.0. The van der Waals surface area contributed by atoms with Crippen LogP contribution in [0.3, 0.4) is 0 Å². The highest BCUT2D eigenvalue weighted by molar-refractivity contribution is 5.96. The molecule has 0 aliphatic rings. The Bertz CT molecular complexity index is 744. The van der Waals surface area contributed by atoms with Gasteiger partial charge in [-0.15, -0.1) is 0 Å². The highest BCUT2D eigenvalue weighted by atomic mass is 16.6. The van der Waals surface area contributed by atoms with E-state index in [0.717, 1.165) is 12.2 Å². The summed E-state index contributed by atoms with van der Waals surface area (Å²) in [6.07, 6.45) is 0.930. The fourth-order valence-electron chi connectivity index (χ4n) is 2.24. The minimum atomic E-state index is -0.521. The maximum absolute atomic E-state index is 12.0. The molecule has 0 saturated carbocycles. The van der Waals surface area contributed by atoms with Crippen molar-refractivity contribution >= 4 is 11.9 Å². The van der Waals surface area contributed by atoms with E-state index in [1.807, 2.05) is 24.3 Å². The number of ether oxygens (including phenoxy) is 3. The molecule has 0 saturated heterocycles. The largest absolute Gasteiger partial charge is 0.497 e. The molecular formula is C20H23NO5. The van der Waals surface area contributed by atoms with Crippen molar-refractivity contribution in [3.8, 4) is 11.5 Å². The van der Waals surface area contributed by atoms with Gasteiger partial charge in [-0.3, -0.25) is 9.59 Å². The Balaban J connectivity index is 1.67. The van der Waals surface area contributed by atoms with Gasteiger partial charge in [0.2, 0.25) is 0 Å². The van der Waals surface area contributed by atoms with E-state index in [1.54, 1.807) is 24.3 Å². The minimum absolute atomic E-state index is 0.115. The van der Waals surface area contributed by atoms with Crippen LogP contribution in [0.5, 0.6) is 11.5 Å². The molecule has 26 heavy (non-hydrogen) atoms. The highest BCUT2D eigenvalue weighted by Gasteiger charge is 2.09. The van der Waals surface area contributed by atoms with E-state index in [2.05, 4.69) is 12.2 Å². The van der Waals surface area contributed by atoms with Crippen molar-refractivity contribution in [2.45, 2.75) is 13.3 Å². The fourth-order valence-corrected chi connectivity index (χ4v) is 2.24. The molecule has 6 heteroatoms. The van der Waals surface area contributed by atoms with Crippen LogP contribution in [0, 0.1) is 0 Å². The van der Waals surface area contributed by atoms with E-state index in [9.17, 15) is 9.59 Å². The molecule has 1 N–H and O–H groups in total. The first-order valence-corrected chi connectivity index (χ1v) is 8.42. The quantitative estimate of drug-likeness (QED) is 0.552. The van der Waals surface area contributed by atoms with E-state index < -0.39 is 5.97 Å². The Morgan fingerprint density at radius 1 is 1.00 bits per heavy atom. The molecule has 0 aliphatic heterocycles. The molecule has 6 nitrogen and oxygen atoms in total. The zero-order valence-corrected chi connectivity index (χ0v) is 15.0. The summed E-state index contributed by atoms with van der Waals surface area (Å²) in [4.78, 5) is 23.7. The van der Waals surface area contributed by atoms with Crippen molar-refractivity contribution < 1.29 is 23.8 Å². The number of amides is 1. The van der Waals surface area contributed by atoms with E-state index in [4.69, 9.17) is 14.2 Å². The molecule has 0 aromatic heterocycles. The second kappa shape index (κ2) is 10.1. The minimum Gasteiger partial charge on any atom is -0.497 e. The number of methoxy groups -OCH3 is 1. The number of hydrogen-bond acceptors (Lipinski definition) is 5. The second-order valence-corrected chi connectivity index (χ2v) is 5.48. The molecule has 0 spiro atoms. The van der Waals surface area contributed by atoms with Gasteiger partial charge in [0.25, 0.3) is 5.91 Å². The number of carbonyl (C=O) groups excluding carboxylic acids is 2. The lowest BCUT2D eigenvalue weighted by Gasteiger charge is -2.09. The molecular weight excluding hydrogens is 334 g/mol. The van der Waals surface area contributed by atoms with Gasteiger partial charge in [-0.25, -0.2) is 0 Å². The first kappa shape index (κ1) is 19.3. The van der Waals surface area contributed by atoms with Gasteiger partial charge in [0.05, 0.1) is 7.11 Å². The van der Waals surface area contributed by atoms with Gasteiger partial charge in [0, 0.05) is 5.56 Å². The van der Waals surface area contributed by atoms with Gasteiger partial charge >= 0.3 is 5.97 Å². The molecule has 0 aliphatic carbocycles. The number of esters is 1. The van der Waals surface area contributed by atoms with Crippen molar-refractivity contribution in [3.05, 3.63) is 59.7 Å². The standard InChI is InChI=1S/C20H23NO5/c1-3-15-6-4-9-18(12-15)25-10-11-26-19(22)14-21-20(23)16-7-5-8-17(13-16)24-2/h4-9,12-13H,3,10-11,14H2,1-2H3,(H,21,23). The summed E-state index contributed by atoms with van der Waals surface area (Å²) in [6.45, 7) is 2.23. The van der Waals surface area contributed by atoms with Crippen LogP contribution in [0.4, 0.5) is 0 Å². The summed E-state index contributed by atoms with van der Waals surface area (Å²) in [6, 6.07) is 14.4. The highest BCUT2D eigenvalue weighted by Crippen LogP contribution is 2.13. The van der Waals surface area contributed by atoms with Gasteiger partial charge in [-0.1, -0.05) is 25.1 Å². The van der Waals surface area contributed by atoms with Crippen LogP contribution in [0.15, 0.2) is 48.5 Å². The Morgan fingerprint density at radius 3 is 2.54 bits per heavy atom. The molecule has 0 heterocycles. The average Bonchev–Trinajstić information content (AvgIpc) is 2.69. The van der Waals surface area contributed by atoms with Gasteiger partial charge in [-0.05, 0) is 42.3 Å². The molecule has 0 unspecified atom stereocenters. The Kier molecular flexibility index (Phi) is 7.49. The number of hydrogen-bond donors (Lipinski definition) is 1. The lowest BCUT2D eigenvalue weighted by molar-refractivity contribution is -0.143. The lowest BCUT2D eigenvalue weighted by atomic mass is 10.2. The van der Waals surface area contributed by atoms with Crippen LogP contribution in [0.1, 0.15) is 22.8 Å². The van der Waals surface area contributed by atoms with E-state index in [1.165, 1.54) is 12.7 Å². The Morgan fingerprint density at radius 2 is 1.77 bits per heavy atom. The summed E-state index contributed by atoms with van der Waals surface area (Å²) in [5, 5.41) is 2.51. The number of aryl methyl sites for hydroxylation is 1. The molecule has 0 radical (unpaired) electrons. The van der Waals surface area contributed by atoms with E-state index in [-0.39, 0.29) is 25.7 Å². The van der Waals surface area contributed by atoms with Crippen LogP contribution in [-0.2, 0) is 16.0 Å². The van der Waals surface area contributed by atoms with Crippen LogP contribution in [-0.4, -0.2) is 38.7 Å². The predicted molar refractivity (Wildman–Crippen MR) is 97.6 cm³/mol. The zero-order chi connectivity index (χ0) is 18.8. The summed E-state index contributed by atoms with van der Waals surface area (Å²) in [7, 11) is 1.52. The maximum Gasteiger partial charge on any atom is 0.325 e. The van der Waals surface area contributed by atoms with Crippen molar-refractivity contribution in [2.75, 3.05) is 26.9 Å². The van der Waals surface area contributed by atoms with Crippen molar-refractivity contribution in [1.29, 1.82) is 0 Å². The molecule has 1 amide bonds. The molecule has 2 aromatic rings. The normalized spacial score (nSPS) is 10.1. The third-order valence-electron chi connectivity index (χ3n) is 3.65. The molecule has 0 fully saturated rings. The van der Waals surface area contributed by atoms with Gasteiger partial charge in [-0.2, -0.15) is 0 Å². The average molecular weight is 357 g/mol. The molecule has 138 valence electrons. The van der Waals surface area contributed by atoms with Crippen LogP contribution < -0.4 is 14.8 Å². The Hall–Kier alpha value is -3.02. The topological polar surface area (TPSA) is 73.9 Å². The molecule has 0 atom stereocenters. The summed E-state index contributed by atoms with van der Waals surface area (Å²) in [5.41, 5.74) is 1.59. The van der Waals surface area contributed by atoms with Crippen LogP contribution in [0.25, 0.3) is 0 Å². The van der Waals surface area contributed by atoms with Crippen LogP contribution in [0.2, 0.25) is 0 Å². The number of carbonyl (C=O) groups is 2. The second-order valence-electron chi connectivity index (χ2n) is 5.48. The lowest BCUT2D eigenvalue weighted by Crippen LogP contribution is -2.31. The third kappa shape index (κ3) is 6.12. The summed E-state index contributed by atoms with van der Waals surface area (Å²) >= 11 is 0. The van der Waals surface area contributed by atoms with Crippen molar-refractivity contribution in [3.63, 3.8) is 0 Å². The Labute approximate surface area is 153 Å². The SMILES string of the molecule is CCc1cccc(OCCOC(=O)CNC(=O)c2cccc(OC)c2)c1.